The van der Waals surface area contributed by atoms with Crippen molar-refractivity contribution in [3.05, 3.63) is 109 Å². The fraction of sp³-hybridized carbons (Fsp3) is 0.276. The molecule has 0 fully saturated rings. The summed E-state index contributed by atoms with van der Waals surface area (Å²) in [5, 5.41) is 8.40. The second kappa shape index (κ2) is 17.6. The van der Waals surface area contributed by atoms with Crippen molar-refractivity contribution in [2.75, 3.05) is 14.1 Å². The number of allylic oxidation sites excluding steroid dienone is 2. The Bertz CT molecular complexity index is 970. The molecule has 5 heteroatoms. The normalized spacial score (nSPS) is 11.2. The van der Waals surface area contributed by atoms with Gasteiger partial charge in [-0.05, 0) is 39.2 Å². The van der Waals surface area contributed by atoms with Gasteiger partial charge in [-0.2, -0.15) is 24.6 Å². The van der Waals surface area contributed by atoms with Gasteiger partial charge in [-0.25, -0.2) is 0 Å². The molecule has 1 aromatic heterocycles. The number of pyridine rings is 1. The van der Waals surface area contributed by atoms with Crippen molar-refractivity contribution < 1.29 is 27.3 Å². The van der Waals surface area contributed by atoms with Gasteiger partial charge in [-0.1, -0.05) is 31.5 Å². The van der Waals surface area contributed by atoms with Crippen LogP contribution in [0.3, 0.4) is 0 Å². The minimum atomic E-state index is 0. The Balaban J connectivity index is 0.000000599. The van der Waals surface area contributed by atoms with Crippen LogP contribution in [0.1, 0.15) is 50.9 Å². The van der Waals surface area contributed by atoms with E-state index in [-0.39, 0.29) is 28.9 Å². The number of ketones is 1. The van der Waals surface area contributed by atoms with E-state index in [0.29, 0.717) is 6.04 Å². The van der Waals surface area contributed by atoms with E-state index in [2.05, 4.69) is 57.1 Å². The second-order valence-electron chi connectivity index (χ2n) is 7.90. The molecule has 0 saturated heterocycles. The number of carbonyl (C=O) groups excluding carboxylic acids is 1. The summed E-state index contributed by atoms with van der Waals surface area (Å²) in [5.41, 5.74) is 4.27. The molecule has 2 N–H and O–H groups in total. The Labute approximate surface area is 216 Å². The van der Waals surface area contributed by atoms with Crippen molar-refractivity contribution in [2.24, 2.45) is 0 Å². The quantitative estimate of drug-likeness (QED) is 0.176. The summed E-state index contributed by atoms with van der Waals surface area (Å²) in [6, 6.07) is 27.7. The van der Waals surface area contributed by atoms with E-state index < -0.39 is 0 Å². The van der Waals surface area contributed by atoms with Crippen LogP contribution in [0.25, 0.3) is 11.3 Å². The zero-order valence-electron chi connectivity index (χ0n) is 20.9. The first kappa shape index (κ1) is 31.2. The predicted molar refractivity (Wildman–Crippen MR) is 140 cm³/mol. The van der Waals surface area contributed by atoms with Crippen LogP contribution in [0.4, 0.5) is 0 Å². The molecule has 2 aromatic carbocycles. The Kier molecular flexibility index (Phi) is 16.1. The Hall–Kier alpha value is -2.84. The van der Waals surface area contributed by atoms with Gasteiger partial charge in [-0.15, -0.1) is 48.0 Å². The van der Waals surface area contributed by atoms with Gasteiger partial charge >= 0.3 is 23.1 Å². The number of aliphatic hydroxyl groups excluding tert-OH is 1. The summed E-state index contributed by atoms with van der Waals surface area (Å²) in [6.45, 7) is 8.93. The van der Waals surface area contributed by atoms with E-state index in [4.69, 9.17) is 14.9 Å². The van der Waals surface area contributed by atoms with Gasteiger partial charge in [0.2, 0.25) is 0 Å². The number of benzene rings is 2. The zero-order chi connectivity index (χ0) is 24.6. The number of aliphatic hydroxyl groups is 1. The average Bonchev–Trinajstić information content (AvgIpc) is 2.78. The smallest absolute Gasteiger partial charge is 0.512 e. The summed E-state index contributed by atoms with van der Waals surface area (Å²) in [6.07, 6.45) is 3.56. The zero-order valence-corrected chi connectivity index (χ0v) is 22.2. The van der Waals surface area contributed by atoms with Crippen LogP contribution in [0, 0.1) is 13.0 Å². The Morgan fingerprint density at radius 3 is 2.12 bits per heavy atom. The molecule has 0 aliphatic rings. The third-order valence-corrected chi connectivity index (χ3v) is 4.54. The fourth-order valence-corrected chi connectivity index (χ4v) is 3.06. The van der Waals surface area contributed by atoms with Crippen LogP contribution in [0.5, 0.6) is 0 Å². The van der Waals surface area contributed by atoms with Crippen molar-refractivity contribution >= 4 is 5.78 Å². The van der Waals surface area contributed by atoms with Crippen molar-refractivity contribution in [3.63, 3.8) is 0 Å². The van der Waals surface area contributed by atoms with Gasteiger partial charge in [0.05, 0.1) is 24.8 Å². The van der Waals surface area contributed by atoms with Gasteiger partial charge in [0.15, 0.2) is 0 Å². The van der Waals surface area contributed by atoms with Gasteiger partial charge in [-0.3, -0.25) is 9.78 Å². The maximum Gasteiger partial charge on any atom is 3.00 e. The van der Waals surface area contributed by atoms with E-state index >= 15 is 0 Å². The molecule has 1 atom stereocenters. The molecule has 0 aliphatic heterocycles. The molecule has 179 valence electrons. The maximum atomic E-state index is 8.40. The SMILES string of the molecule is CC(=[OH+])/C=C(/C)O.CCCC(c1cccc(-c2[c-]cccc2)n1)N(C)C.[CH2-]c1ccccc1.[Cr+3]. The van der Waals surface area contributed by atoms with Crippen LogP contribution in [-0.2, 0) is 17.4 Å². The average molecular weight is 498 g/mol. The Morgan fingerprint density at radius 2 is 1.71 bits per heavy atom. The summed E-state index contributed by atoms with van der Waals surface area (Å²) in [7, 11) is 4.23. The number of hydrogen-bond acceptors (Lipinski definition) is 3. The molecular weight excluding hydrogens is 460 g/mol. The first-order chi connectivity index (χ1) is 15.7. The van der Waals surface area contributed by atoms with Gasteiger partial charge < -0.3 is 10.0 Å². The van der Waals surface area contributed by atoms with Crippen molar-refractivity contribution in [1.82, 2.24) is 9.88 Å². The molecule has 4 nitrogen and oxygen atoms in total. The minimum absolute atomic E-state index is 0. The molecule has 1 unspecified atom stereocenters. The number of nitrogens with zero attached hydrogens (tertiary/aromatic N) is 2. The largest absolute Gasteiger partial charge is 3.00 e. The fourth-order valence-electron chi connectivity index (χ4n) is 3.06. The number of hydrogen-bond donors (Lipinski definition) is 1. The van der Waals surface area contributed by atoms with Gasteiger partial charge in [0.25, 0.3) is 0 Å². The maximum absolute atomic E-state index is 8.40. The molecular formula is C29H37CrN2O2+2. The molecule has 0 saturated carbocycles. The minimum Gasteiger partial charge on any atom is -0.512 e. The first-order valence-electron chi connectivity index (χ1n) is 11.1. The molecule has 0 bridgehead atoms. The van der Waals surface area contributed by atoms with Crippen LogP contribution in [0.15, 0.2) is 84.6 Å². The molecule has 34 heavy (non-hydrogen) atoms. The molecule has 0 spiro atoms. The van der Waals surface area contributed by atoms with Crippen molar-refractivity contribution in [3.8, 4) is 11.3 Å². The van der Waals surface area contributed by atoms with E-state index in [1.807, 2.05) is 54.6 Å². The van der Waals surface area contributed by atoms with E-state index in [1.165, 1.54) is 19.9 Å². The van der Waals surface area contributed by atoms with Crippen LogP contribution in [0.2, 0.25) is 0 Å². The van der Waals surface area contributed by atoms with Crippen LogP contribution < -0.4 is 0 Å². The molecule has 1 radical (unpaired) electrons. The number of aromatic nitrogens is 1. The third kappa shape index (κ3) is 13.0. The predicted octanol–water partition coefficient (Wildman–Crippen LogP) is 6.83. The standard InChI is InChI=1S/C17H21N2.C7H7.C5H8O2.Cr/c1-4-9-17(19(2)3)16-13-8-12-15(18-16)14-10-6-5-7-11-14;1-7-5-3-2-4-6-7;1-4(6)3-5(2)7;/h5-8,10,12-13,17H,4,9H2,1-3H3;2-6H,1H2;3,6H,1-2H3;/q2*-1;;+3/p+1/b;;4-3-;. The molecule has 1 heterocycles. The number of rotatable bonds is 6. The first-order valence-corrected chi connectivity index (χ1v) is 11.1. The second-order valence-corrected chi connectivity index (χ2v) is 7.90. The van der Waals surface area contributed by atoms with Crippen molar-refractivity contribution in [1.29, 1.82) is 0 Å². The molecule has 0 aliphatic carbocycles. The van der Waals surface area contributed by atoms with E-state index in [9.17, 15) is 0 Å². The van der Waals surface area contributed by atoms with Crippen LogP contribution in [-0.4, -0.2) is 39.7 Å². The van der Waals surface area contributed by atoms with Gasteiger partial charge in [0, 0.05) is 5.69 Å². The van der Waals surface area contributed by atoms with Gasteiger partial charge in [0.1, 0.15) is 0 Å². The monoisotopic (exact) mass is 497 g/mol. The third-order valence-electron chi connectivity index (χ3n) is 4.54. The summed E-state index contributed by atoms with van der Waals surface area (Å²) in [4.78, 5) is 15.5. The summed E-state index contributed by atoms with van der Waals surface area (Å²) in [5.74, 6) is 0.250. The van der Waals surface area contributed by atoms with E-state index in [0.717, 1.165) is 35.4 Å². The molecule has 3 aromatic rings. The topological polar surface area (TPSA) is 57.8 Å². The summed E-state index contributed by atoms with van der Waals surface area (Å²) < 4.78 is 0. The van der Waals surface area contributed by atoms with Crippen LogP contribution >= 0.6 is 0 Å². The van der Waals surface area contributed by atoms with Crippen molar-refractivity contribution in [2.45, 2.75) is 39.7 Å². The summed E-state index contributed by atoms with van der Waals surface area (Å²) >= 11 is 0. The Morgan fingerprint density at radius 1 is 1.06 bits per heavy atom. The molecule has 0 amide bonds. The molecule has 3 rings (SSSR count). The van der Waals surface area contributed by atoms with E-state index in [1.54, 1.807) is 0 Å².